The van der Waals surface area contributed by atoms with Gasteiger partial charge in [0.25, 0.3) is 5.91 Å². The molecule has 3 heterocycles. The van der Waals surface area contributed by atoms with Gasteiger partial charge < -0.3 is 14.5 Å². The minimum Gasteiger partial charge on any atom is -0.378 e. The third kappa shape index (κ3) is 6.10. The number of rotatable bonds is 4. The molecule has 1 amide bonds. The van der Waals surface area contributed by atoms with Gasteiger partial charge in [0.2, 0.25) is 0 Å². The number of amides is 1. The van der Waals surface area contributed by atoms with Crippen molar-refractivity contribution in [3.05, 3.63) is 48.2 Å². The zero-order valence-corrected chi connectivity index (χ0v) is 19.8. The van der Waals surface area contributed by atoms with Crippen molar-refractivity contribution >= 4 is 36.5 Å². The summed E-state index contributed by atoms with van der Waals surface area (Å²) >= 11 is 0. The van der Waals surface area contributed by atoms with Crippen molar-refractivity contribution in [2.75, 3.05) is 57.4 Å². The maximum atomic E-state index is 12.6. The van der Waals surface area contributed by atoms with Gasteiger partial charge in [-0.1, -0.05) is 12.1 Å². The molecule has 1 aromatic carbocycles. The standard InChI is InChI=1S/C23H30N4O2.2ClH/c1-18(2)25-9-11-26(12-10-25)22-8-7-21(17-24-22)19-3-5-20(6-4-19)23(28)27-13-15-29-16-14-27;;/h3-8,17-18H,9-16H2,1-2H3;2*1H. The Kier molecular flexibility index (Phi) is 9.56. The number of benzene rings is 1. The molecule has 4 rings (SSSR count). The molecule has 2 fully saturated rings. The van der Waals surface area contributed by atoms with E-state index in [9.17, 15) is 4.79 Å². The van der Waals surface area contributed by atoms with Crippen molar-refractivity contribution in [3.8, 4) is 11.1 Å². The van der Waals surface area contributed by atoms with E-state index in [0.717, 1.165) is 48.7 Å². The van der Waals surface area contributed by atoms with Crippen LogP contribution in [0.25, 0.3) is 11.1 Å². The van der Waals surface area contributed by atoms with Crippen LogP contribution in [-0.2, 0) is 4.74 Å². The normalized spacial score (nSPS) is 17.1. The van der Waals surface area contributed by atoms with Crippen LogP contribution in [0.4, 0.5) is 5.82 Å². The molecular weight excluding hydrogens is 435 g/mol. The van der Waals surface area contributed by atoms with E-state index in [1.807, 2.05) is 35.4 Å². The Morgan fingerprint density at radius 3 is 2.03 bits per heavy atom. The quantitative estimate of drug-likeness (QED) is 0.688. The van der Waals surface area contributed by atoms with Gasteiger partial charge in [0.15, 0.2) is 0 Å². The second-order valence-electron chi connectivity index (χ2n) is 8.00. The number of pyridine rings is 1. The molecule has 1 aromatic heterocycles. The molecule has 0 spiro atoms. The lowest BCUT2D eigenvalue weighted by atomic mass is 10.0. The Labute approximate surface area is 197 Å². The lowest BCUT2D eigenvalue weighted by Crippen LogP contribution is -2.49. The summed E-state index contributed by atoms with van der Waals surface area (Å²) in [5.41, 5.74) is 2.87. The Morgan fingerprint density at radius 2 is 1.48 bits per heavy atom. The minimum atomic E-state index is 0. The summed E-state index contributed by atoms with van der Waals surface area (Å²) in [4.78, 5) is 24.0. The number of piperazine rings is 1. The van der Waals surface area contributed by atoms with Crippen LogP contribution in [0.3, 0.4) is 0 Å². The highest BCUT2D eigenvalue weighted by Crippen LogP contribution is 2.23. The van der Waals surface area contributed by atoms with Crippen molar-refractivity contribution in [3.63, 3.8) is 0 Å². The van der Waals surface area contributed by atoms with Crippen LogP contribution < -0.4 is 4.90 Å². The second kappa shape index (κ2) is 11.7. The van der Waals surface area contributed by atoms with Crippen molar-refractivity contribution in [1.82, 2.24) is 14.8 Å². The molecule has 0 N–H and O–H groups in total. The SMILES string of the molecule is CC(C)N1CCN(c2ccc(-c3ccc(C(=O)N4CCOCC4)cc3)cn2)CC1.Cl.Cl. The first-order valence-corrected chi connectivity index (χ1v) is 10.5. The summed E-state index contributed by atoms with van der Waals surface area (Å²) in [6.45, 7) is 11.3. The van der Waals surface area contributed by atoms with E-state index in [2.05, 4.69) is 35.8 Å². The van der Waals surface area contributed by atoms with Crippen LogP contribution in [0, 0.1) is 0 Å². The second-order valence-corrected chi connectivity index (χ2v) is 8.00. The monoisotopic (exact) mass is 466 g/mol. The van der Waals surface area contributed by atoms with Gasteiger partial charge >= 0.3 is 0 Å². The third-order valence-corrected chi connectivity index (χ3v) is 5.88. The molecule has 2 aromatic rings. The van der Waals surface area contributed by atoms with Gasteiger partial charge in [0, 0.05) is 62.6 Å². The molecule has 170 valence electrons. The summed E-state index contributed by atoms with van der Waals surface area (Å²) in [6, 6.07) is 12.7. The molecule has 0 saturated carbocycles. The molecule has 0 atom stereocenters. The van der Waals surface area contributed by atoms with Crippen molar-refractivity contribution in [2.24, 2.45) is 0 Å². The predicted molar refractivity (Wildman–Crippen MR) is 130 cm³/mol. The number of morpholine rings is 1. The van der Waals surface area contributed by atoms with Crippen molar-refractivity contribution < 1.29 is 9.53 Å². The number of anilines is 1. The fraction of sp³-hybridized carbons (Fsp3) is 0.478. The van der Waals surface area contributed by atoms with Gasteiger partial charge in [-0.05, 0) is 43.7 Å². The lowest BCUT2D eigenvalue weighted by Gasteiger charge is -2.37. The van der Waals surface area contributed by atoms with E-state index >= 15 is 0 Å². The average Bonchev–Trinajstić information content (AvgIpc) is 2.79. The van der Waals surface area contributed by atoms with Gasteiger partial charge in [-0.25, -0.2) is 4.98 Å². The number of halogens is 2. The molecule has 0 aliphatic carbocycles. The van der Waals surface area contributed by atoms with Gasteiger partial charge in [-0.2, -0.15) is 0 Å². The minimum absolute atomic E-state index is 0. The number of hydrogen-bond acceptors (Lipinski definition) is 5. The summed E-state index contributed by atoms with van der Waals surface area (Å²) in [5.74, 6) is 1.12. The highest BCUT2D eigenvalue weighted by molar-refractivity contribution is 5.94. The van der Waals surface area contributed by atoms with Crippen LogP contribution >= 0.6 is 24.8 Å². The maximum absolute atomic E-state index is 12.6. The van der Waals surface area contributed by atoms with E-state index in [4.69, 9.17) is 9.72 Å². The number of nitrogens with zero attached hydrogens (tertiary/aromatic N) is 4. The van der Waals surface area contributed by atoms with Gasteiger partial charge in [-0.15, -0.1) is 24.8 Å². The molecule has 0 unspecified atom stereocenters. The Balaban J connectivity index is 0.00000171. The van der Waals surface area contributed by atoms with E-state index in [1.165, 1.54) is 0 Å². The molecule has 2 aliphatic rings. The summed E-state index contributed by atoms with van der Waals surface area (Å²) in [6.07, 6.45) is 1.93. The van der Waals surface area contributed by atoms with Crippen LogP contribution in [0.5, 0.6) is 0 Å². The fourth-order valence-electron chi connectivity index (χ4n) is 3.97. The maximum Gasteiger partial charge on any atom is 0.254 e. The molecule has 0 bridgehead atoms. The number of carbonyl (C=O) groups is 1. The van der Waals surface area contributed by atoms with E-state index < -0.39 is 0 Å². The van der Waals surface area contributed by atoms with E-state index in [-0.39, 0.29) is 30.7 Å². The topological polar surface area (TPSA) is 48.9 Å². The zero-order valence-electron chi connectivity index (χ0n) is 18.2. The van der Waals surface area contributed by atoms with Crippen LogP contribution in [0.2, 0.25) is 0 Å². The number of ether oxygens (including phenoxy) is 1. The van der Waals surface area contributed by atoms with E-state index in [1.54, 1.807) is 0 Å². The zero-order chi connectivity index (χ0) is 20.2. The molecule has 0 radical (unpaired) electrons. The van der Waals surface area contributed by atoms with Crippen LogP contribution in [0.1, 0.15) is 24.2 Å². The highest BCUT2D eigenvalue weighted by Gasteiger charge is 2.20. The Morgan fingerprint density at radius 1 is 0.871 bits per heavy atom. The molecule has 31 heavy (non-hydrogen) atoms. The first-order valence-electron chi connectivity index (χ1n) is 10.5. The number of hydrogen-bond donors (Lipinski definition) is 0. The molecule has 6 nitrogen and oxygen atoms in total. The summed E-state index contributed by atoms with van der Waals surface area (Å²) in [5, 5.41) is 0. The van der Waals surface area contributed by atoms with Gasteiger partial charge in [-0.3, -0.25) is 9.69 Å². The molecular formula is C23H32Cl2N4O2. The predicted octanol–water partition coefficient (Wildman–Crippen LogP) is 3.60. The van der Waals surface area contributed by atoms with Gasteiger partial charge in [0.1, 0.15) is 5.82 Å². The van der Waals surface area contributed by atoms with E-state index in [0.29, 0.717) is 32.3 Å². The number of carbonyl (C=O) groups excluding carboxylic acids is 1. The van der Waals surface area contributed by atoms with Crippen molar-refractivity contribution in [2.45, 2.75) is 19.9 Å². The first-order chi connectivity index (χ1) is 14.1. The fourth-order valence-corrected chi connectivity index (χ4v) is 3.97. The number of aromatic nitrogens is 1. The van der Waals surface area contributed by atoms with Crippen LogP contribution in [0.15, 0.2) is 42.6 Å². The van der Waals surface area contributed by atoms with Crippen LogP contribution in [-0.4, -0.2) is 79.2 Å². The first kappa shape index (κ1) is 25.4. The summed E-state index contributed by atoms with van der Waals surface area (Å²) in [7, 11) is 0. The third-order valence-electron chi connectivity index (χ3n) is 5.88. The molecule has 8 heteroatoms. The Bertz CT molecular complexity index is 816. The lowest BCUT2D eigenvalue weighted by molar-refractivity contribution is 0.0303. The largest absolute Gasteiger partial charge is 0.378 e. The molecule has 2 saturated heterocycles. The Hall–Kier alpha value is -1.86. The van der Waals surface area contributed by atoms with Crippen molar-refractivity contribution in [1.29, 1.82) is 0 Å². The molecule has 2 aliphatic heterocycles. The highest BCUT2D eigenvalue weighted by atomic mass is 35.5. The average molecular weight is 467 g/mol. The summed E-state index contributed by atoms with van der Waals surface area (Å²) < 4.78 is 5.33. The van der Waals surface area contributed by atoms with Gasteiger partial charge in [0.05, 0.1) is 13.2 Å². The smallest absolute Gasteiger partial charge is 0.254 e.